The average molecular weight is 362 g/mol. The van der Waals surface area contributed by atoms with E-state index in [2.05, 4.69) is 4.90 Å². The number of morpholine rings is 1. The molecule has 2 aliphatic rings. The zero-order chi connectivity index (χ0) is 19.1. The predicted octanol–water partition coefficient (Wildman–Crippen LogP) is 2.68. The van der Waals surface area contributed by atoms with E-state index in [-0.39, 0.29) is 12.3 Å². The van der Waals surface area contributed by atoms with E-state index >= 15 is 0 Å². The Morgan fingerprint density at radius 3 is 2.38 bits per heavy atom. The quantitative estimate of drug-likeness (QED) is 0.798. The van der Waals surface area contributed by atoms with Crippen molar-refractivity contribution < 1.29 is 24.5 Å². The van der Waals surface area contributed by atoms with E-state index < -0.39 is 29.1 Å². The minimum atomic E-state index is -1.23. The summed E-state index contributed by atoms with van der Waals surface area (Å²) in [6.07, 6.45) is -0.838. The summed E-state index contributed by atoms with van der Waals surface area (Å²) in [7, 11) is 0. The molecule has 3 rings (SSSR count). The number of benzene rings is 1. The Hall–Kier alpha value is -2.28. The third kappa shape index (κ3) is 3.35. The molecular weight excluding hydrogens is 336 g/mol. The molecule has 2 fully saturated rings. The first-order chi connectivity index (χ1) is 12.1. The van der Waals surface area contributed by atoms with E-state index in [1.54, 1.807) is 12.1 Å². The van der Waals surface area contributed by atoms with Crippen LogP contribution in [0.25, 0.3) is 0 Å². The zero-order valence-electron chi connectivity index (χ0n) is 15.4. The Bertz CT molecular complexity index is 704. The highest BCUT2D eigenvalue weighted by atomic mass is 16.5. The highest BCUT2D eigenvalue weighted by Gasteiger charge is 2.52. The summed E-state index contributed by atoms with van der Waals surface area (Å²) in [4.78, 5) is 27.1. The van der Waals surface area contributed by atoms with Gasteiger partial charge in [-0.1, -0.05) is 32.9 Å². The SMILES string of the molecule is CC(C)(C)C1OC2(CCN(c3ccccc3O)CC2)CN(C(=O)O)C1=O. The van der Waals surface area contributed by atoms with Crippen molar-refractivity contribution in [3.8, 4) is 5.75 Å². The molecule has 2 aliphatic heterocycles. The fraction of sp³-hybridized carbons (Fsp3) is 0.579. The molecule has 1 aromatic rings. The number of hydrogen-bond donors (Lipinski definition) is 2. The van der Waals surface area contributed by atoms with Crippen LogP contribution in [0.3, 0.4) is 0 Å². The Kier molecular flexibility index (Phi) is 4.60. The molecule has 142 valence electrons. The Morgan fingerprint density at radius 1 is 1.23 bits per heavy atom. The van der Waals surface area contributed by atoms with Gasteiger partial charge in [0.2, 0.25) is 0 Å². The maximum absolute atomic E-state index is 12.5. The summed E-state index contributed by atoms with van der Waals surface area (Å²) in [5, 5.41) is 19.5. The number of para-hydroxylation sites is 2. The highest BCUT2D eigenvalue weighted by Crippen LogP contribution is 2.40. The van der Waals surface area contributed by atoms with Crippen LogP contribution in [-0.4, -0.2) is 58.5 Å². The minimum Gasteiger partial charge on any atom is -0.506 e. The first-order valence-corrected chi connectivity index (χ1v) is 8.88. The summed E-state index contributed by atoms with van der Waals surface area (Å²) in [5.41, 5.74) is -0.408. The van der Waals surface area contributed by atoms with E-state index in [1.807, 2.05) is 32.9 Å². The molecule has 1 aromatic carbocycles. The van der Waals surface area contributed by atoms with Gasteiger partial charge in [0, 0.05) is 13.1 Å². The van der Waals surface area contributed by atoms with Crippen LogP contribution in [0.1, 0.15) is 33.6 Å². The molecule has 1 atom stereocenters. The van der Waals surface area contributed by atoms with E-state index in [9.17, 15) is 19.8 Å². The Morgan fingerprint density at radius 2 is 1.85 bits per heavy atom. The van der Waals surface area contributed by atoms with Crippen molar-refractivity contribution in [3.05, 3.63) is 24.3 Å². The smallest absolute Gasteiger partial charge is 0.414 e. The number of ether oxygens (including phenoxy) is 1. The van der Waals surface area contributed by atoms with Gasteiger partial charge in [0.25, 0.3) is 5.91 Å². The summed E-state index contributed by atoms with van der Waals surface area (Å²) < 4.78 is 6.24. The maximum Gasteiger partial charge on any atom is 0.414 e. The third-order valence-electron chi connectivity index (χ3n) is 5.22. The largest absolute Gasteiger partial charge is 0.506 e. The Balaban J connectivity index is 1.81. The number of imide groups is 1. The maximum atomic E-state index is 12.5. The lowest BCUT2D eigenvalue weighted by Gasteiger charge is -2.51. The number of rotatable bonds is 1. The number of carbonyl (C=O) groups excluding carboxylic acids is 1. The zero-order valence-corrected chi connectivity index (χ0v) is 15.4. The minimum absolute atomic E-state index is 0.0579. The molecule has 0 bridgehead atoms. The molecule has 0 aliphatic carbocycles. The van der Waals surface area contributed by atoms with Gasteiger partial charge in [-0.05, 0) is 30.4 Å². The molecule has 1 spiro atoms. The highest BCUT2D eigenvalue weighted by molar-refractivity contribution is 5.95. The molecule has 0 aromatic heterocycles. The van der Waals surface area contributed by atoms with Gasteiger partial charge in [0.05, 0.1) is 17.8 Å². The van der Waals surface area contributed by atoms with Gasteiger partial charge >= 0.3 is 6.09 Å². The van der Waals surface area contributed by atoms with Gasteiger partial charge in [-0.3, -0.25) is 4.79 Å². The van der Waals surface area contributed by atoms with Gasteiger partial charge < -0.3 is 19.8 Å². The van der Waals surface area contributed by atoms with Crippen LogP contribution in [0.4, 0.5) is 10.5 Å². The summed E-state index contributed by atoms with van der Waals surface area (Å²) >= 11 is 0. The molecule has 1 unspecified atom stereocenters. The number of phenolic OH excluding ortho intramolecular Hbond substituents is 1. The number of hydrogen-bond acceptors (Lipinski definition) is 5. The van der Waals surface area contributed by atoms with Crippen molar-refractivity contribution >= 4 is 17.7 Å². The van der Waals surface area contributed by atoms with Crippen LogP contribution in [-0.2, 0) is 9.53 Å². The molecule has 0 radical (unpaired) electrons. The second-order valence-corrected chi connectivity index (χ2v) is 8.23. The van der Waals surface area contributed by atoms with Gasteiger partial charge in [-0.15, -0.1) is 0 Å². The van der Waals surface area contributed by atoms with Gasteiger partial charge in [0.1, 0.15) is 11.9 Å². The summed E-state index contributed by atoms with van der Waals surface area (Å²) in [5.74, 6) is -0.262. The van der Waals surface area contributed by atoms with E-state index in [1.165, 1.54) is 0 Å². The fourth-order valence-corrected chi connectivity index (χ4v) is 3.72. The normalized spacial score (nSPS) is 23.3. The molecular formula is C19H26N2O5. The number of piperidine rings is 1. The molecule has 26 heavy (non-hydrogen) atoms. The van der Waals surface area contributed by atoms with Crippen molar-refractivity contribution in [3.63, 3.8) is 0 Å². The second kappa shape index (κ2) is 6.46. The number of carbonyl (C=O) groups is 2. The molecule has 2 N–H and O–H groups in total. The van der Waals surface area contributed by atoms with Crippen molar-refractivity contribution in [1.29, 1.82) is 0 Å². The van der Waals surface area contributed by atoms with Crippen LogP contribution in [0, 0.1) is 5.41 Å². The number of amides is 2. The number of anilines is 1. The van der Waals surface area contributed by atoms with Crippen molar-refractivity contribution in [2.75, 3.05) is 24.5 Å². The van der Waals surface area contributed by atoms with Crippen molar-refractivity contribution in [2.45, 2.75) is 45.3 Å². The fourth-order valence-electron chi connectivity index (χ4n) is 3.72. The monoisotopic (exact) mass is 362 g/mol. The van der Waals surface area contributed by atoms with Crippen LogP contribution in [0.2, 0.25) is 0 Å². The lowest BCUT2D eigenvalue weighted by Crippen LogP contribution is -2.65. The van der Waals surface area contributed by atoms with E-state index in [0.717, 1.165) is 10.6 Å². The molecule has 2 amide bonds. The first kappa shape index (κ1) is 18.5. The number of phenols is 1. The predicted molar refractivity (Wildman–Crippen MR) is 96.4 cm³/mol. The van der Waals surface area contributed by atoms with Crippen molar-refractivity contribution in [1.82, 2.24) is 4.90 Å². The van der Waals surface area contributed by atoms with Gasteiger partial charge in [-0.25, -0.2) is 9.69 Å². The molecule has 2 heterocycles. The topological polar surface area (TPSA) is 90.3 Å². The molecule has 0 saturated carbocycles. The Labute approximate surface area is 153 Å². The van der Waals surface area contributed by atoms with Crippen molar-refractivity contribution in [2.24, 2.45) is 5.41 Å². The lowest BCUT2D eigenvalue weighted by molar-refractivity contribution is -0.199. The summed E-state index contributed by atoms with van der Waals surface area (Å²) in [6.45, 7) is 6.94. The van der Waals surface area contributed by atoms with Crippen LogP contribution in [0.5, 0.6) is 5.75 Å². The van der Waals surface area contributed by atoms with Crippen LogP contribution >= 0.6 is 0 Å². The van der Waals surface area contributed by atoms with Crippen LogP contribution in [0.15, 0.2) is 24.3 Å². The van der Waals surface area contributed by atoms with E-state index in [0.29, 0.717) is 25.9 Å². The number of aromatic hydroxyl groups is 1. The summed E-state index contributed by atoms with van der Waals surface area (Å²) in [6, 6.07) is 7.16. The third-order valence-corrected chi connectivity index (χ3v) is 5.22. The van der Waals surface area contributed by atoms with Gasteiger partial charge in [0.15, 0.2) is 0 Å². The lowest BCUT2D eigenvalue weighted by atomic mass is 9.82. The molecule has 2 saturated heterocycles. The van der Waals surface area contributed by atoms with E-state index in [4.69, 9.17) is 4.74 Å². The number of nitrogens with zero attached hydrogens (tertiary/aromatic N) is 2. The standard InChI is InChI=1S/C19H26N2O5/c1-18(2,3)15-16(23)21(17(24)25)12-19(26-15)8-10-20(11-9-19)13-6-4-5-7-14(13)22/h4-7,15,22H,8-12H2,1-3H3,(H,24,25). The number of carboxylic acid groups (broad SMARTS) is 1. The molecule has 7 nitrogen and oxygen atoms in total. The average Bonchev–Trinajstić information content (AvgIpc) is 2.57. The first-order valence-electron chi connectivity index (χ1n) is 8.88. The second-order valence-electron chi connectivity index (χ2n) is 8.23. The van der Waals surface area contributed by atoms with Gasteiger partial charge in [-0.2, -0.15) is 0 Å². The van der Waals surface area contributed by atoms with Crippen LogP contribution < -0.4 is 4.90 Å². The molecule has 7 heteroatoms.